The first-order valence-corrected chi connectivity index (χ1v) is 20.7. The van der Waals surface area contributed by atoms with Crippen molar-refractivity contribution in [3.05, 3.63) is 0 Å². The molecule has 0 aliphatic heterocycles. The number of halogens is 1. The number of carbonyl (C=O) groups is 2. The van der Waals surface area contributed by atoms with Gasteiger partial charge in [-0.3, -0.25) is 15.0 Å². The van der Waals surface area contributed by atoms with E-state index in [0.29, 0.717) is 32.4 Å². The number of guanidine groups is 1. The summed E-state index contributed by atoms with van der Waals surface area (Å²) in [5, 5.41) is 16.2. The fourth-order valence-corrected chi connectivity index (χ4v) is 6.38. The van der Waals surface area contributed by atoms with Crippen LogP contribution in [0.25, 0.3) is 0 Å². The van der Waals surface area contributed by atoms with Crippen LogP contribution in [-0.4, -0.2) is 36.9 Å². The molecule has 1 unspecified atom stereocenters. The maximum Gasteiger partial charge on any atom is 0.242 e. The van der Waals surface area contributed by atoms with Gasteiger partial charge in [0.15, 0.2) is 5.96 Å². The summed E-state index contributed by atoms with van der Waals surface area (Å²) >= 11 is 0. The summed E-state index contributed by atoms with van der Waals surface area (Å²) in [6.07, 6.45) is 39.7. The summed E-state index contributed by atoms with van der Waals surface area (Å²) in [5.74, 6) is -0.193. The molecule has 0 saturated heterocycles. The molecule has 2 amide bonds. The van der Waals surface area contributed by atoms with Crippen LogP contribution in [0.1, 0.15) is 219 Å². The van der Waals surface area contributed by atoms with Crippen LogP contribution in [0.4, 0.5) is 0 Å². The zero-order valence-electron chi connectivity index (χ0n) is 31.9. The molecule has 0 aromatic rings. The van der Waals surface area contributed by atoms with Crippen molar-refractivity contribution in [2.75, 3.05) is 13.1 Å². The summed E-state index contributed by atoms with van der Waals surface area (Å²) in [7, 11) is 0. The maximum atomic E-state index is 12.9. The smallest absolute Gasteiger partial charge is 0.242 e. The second-order valence-electron chi connectivity index (χ2n) is 14.2. The van der Waals surface area contributed by atoms with Crippen LogP contribution in [0.2, 0.25) is 0 Å². The minimum Gasteiger partial charge on any atom is -0.370 e. The van der Waals surface area contributed by atoms with E-state index < -0.39 is 6.04 Å². The number of hydrogen-bond donors (Lipinski definition) is 5. The predicted molar refractivity (Wildman–Crippen MR) is 211 cm³/mol. The normalized spacial score (nSPS) is 11.5. The highest BCUT2D eigenvalue weighted by atomic mass is 35.5. The van der Waals surface area contributed by atoms with Gasteiger partial charge in [-0.25, -0.2) is 0 Å². The van der Waals surface area contributed by atoms with Crippen LogP contribution in [0, 0.1) is 5.41 Å². The minimum atomic E-state index is -0.528. The number of nitrogens with one attached hydrogen (secondary N) is 4. The number of rotatable bonds is 37. The van der Waals surface area contributed by atoms with Crippen LogP contribution in [0.3, 0.4) is 0 Å². The highest BCUT2D eigenvalue weighted by Crippen LogP contribution is 2.15. The molecule has 0 radical (unpaired) electrons. The lowest BCUT2D eigenvalue weighted by Gasteiger charge is -2.19. The second-order valence-corrected chi connectivity index (χ2v) is 14.2. The lowest BCUT2D eigenvalue weighted by molar-refractivity contribution is -0.129. The molecule has 0 aromatic heterocycles. The average molecular weight is 701 g/mol. The summed E-state index contributed by atoms with van der Waals surface area (Å²) in [5.41, 5.74) is 5.39. The van der Waals surface area contributed by atoms with Crippen LogP contribution in [0.5, 0.6) is 0 Å². The first-order chi connectivity index (χ1) is 23.0. The number of unbranched alkanes of at least 4 members (excludes halogenated alkanes) is 27. The van der Waals surface area contributed by atoms with E-state index in [0.717, 1.165) is 25.7 Å². The molecule has 0 spiro atoms. The molecule has 6 N–H and O–H groups in total. The fraction of sp³-hybridized carbons (Fsp3) is 0.925. The lowest BCUT2D eigenvalue weighted by Crippen LogP contribution is -2.47. The molecule has 1 atom stereocenters. The molecule has 0 aromatic carbocycles. The van der Waals surface area contributed by atoms with Crippen LogP contribution in [-0.2, 0) is 9.59 Å². The Morgan fingerprint density at radius 2 is 0.833 bits per heavy atom. The Kier molecular flexibility index (Phi) is 40.4. The van der Waals surface area contributed by atoms with Gasteiger partial charge in [0.05, 0.1) is 0 Å². The molecule has 286 valence electrons. The molecule has 0 saturated carbocycles. The quantitative estimate of drug-likeness (QED) is 0.0252. The predicted octanol–water partition coefficient (Wildman–Crippen LogP) is 11.0. The summed E-state index contributed by atoms with van der Waals surface area (Å²) in [4.78, 5) is 25.6. The maximum absolute atomic E-state index is 12.9. The van der Waals surface area contributed by atoms with Crippen molar-refractivity contribution in [3.8, 4) is 0 Å². The average Bonchev–Trinajstić information content (AvgIpc) is 3.05. The van der Waals surface area contributed by atoms with E-state index in [1.165, 1.54) is 161 Å². The topological polar surface area (TPSA) is 120 Å². The van der Waals surface area contributed by atoms with Gasteiger partial charge in [-0.15, -0.1) is 12.4 Å². The van der Waals surface area contributed by atoms with Gasteiger partial charge in [-0.1, -0.05) is 187 Å². The van der Waals surface area contributed by atoms with Crippen molar-refractivity contribution < 1.29 is 9.59 Å². The monoisotopic (exact) mass is 700 g/mol. The molecule has 0 aliphatic rings. The van der Waals surface area contributed by atoms with Gasteiger partial charge in [0.1, 0.15) is 6.04 Å². The Morgan fingerprint density at radius 1 is 0.500 bits per heavy atom. The lowest BCUT2D eigenvalue weighted by atomic mass is 10.0. The molecule has 0 heterocycles. The Morgan fingerprint density at radius 3 is 1.21 bits per heavy atom. The third-order valence-corrected chi connectivity index (χ3v) is 9.47. The standard InChI is InChI=1S/C40H81N5O2.ClH/c1-3-5-7-9-11-13-15-16-17-18-19-20-21-22-23-24-26-28-30-34-38(46)45-37(33-32-36-44-40(41)42)39(47)43-35-31-29-27-25-14-12-10-8-6-4-2;/h37H,3-36H2,1-2H3,(H,43,47)(H,45,46)(H4,41,42,44);1H. The highest BCUT2D eigenvalue weighted by molar-refractivity contribution is 5.87. The zero-order valence-corrected chi connectivity index (χ0v) is 32.7. The van der Waals surface area contributed by atoms with Crippen molar-refractivity contribution in [2.45, 2.75) is 225 Å². The zero-order chi connectivity index (χ0) is 34.5. The number of nitrogens with two attached hydrogens (primary N) is 1. The third kappa shape index (κ3) is 37.3. The van der Waals surface area contributed by atoms with Gasteiger partial charge >= 0.3 is 0 Å². The number of amides is 2. The van der Waals surface area contributed by atoms with Gasteiger partial charge in [0.2, 0.25) is 11.8 Å². The van der Waals surface area contributed by atoms with E-state index in [2.05, 4.69) is 29.8 Å². The van der Waals surface area contributed by atoms with Gasteiger partial charge < -0.3 is 21.7 Å². The first kappa shape index (κ1) is 48.6. The van der Waals surface area contributed by atoms with E-state index in [1.807, 2.05) is 0 Å². The van der Waals surface area contributed by atoms with Crippen molar-refractivity contribution in [1.29, 1.82) is 5.41 Å². The molecular formula is C40H82ClN5O2. The second kappa shape index (κ2) is 39.9. The van der Waals surface area contributed by atoms with Crippen molar-refractivity contribution in [1.82, 2.24) is 16.0 Å². The Bertz CT molecular complexity index is 709. The van der Waals surface area contributed by atoms with E-state index in [9.17, 15) is 9.59 Å². The van der Waals surface area contributed by atoms with E-state index in [4.69, 9.17) is 11.1 Å². The largest absolute Gasteiger partial charge is 0.370 e. The number of hydrogen-bond acceptors (Lipinski definition) is 3. The third-order valence-electron chi connectivity index (χ3n) is 9.47. The molecule has 0 rings (SSSR count). The highest BCUT2D eigenvalue weighted by Gasteiger charge is 2.20. The van der Waals surface area contributed by atoms with Crippen molar-refractivity contribution in [2.24, 2.45) is 5.73 Å². The van der Waals surface area contributed by atoms with Crippen LogP contribution >= 0.6 is 12.4 Å². The first-order valence-electron chi connectivity index (χ1n) is 20.7. The molecule has 8 heteroatoms. The molecule has 0 fully saturated rings. The van der Waals surface area contributed by atoms with Crippen molar-refractivity contribution in [3.63, 3.8) is 0 Å². The molecular weight excluding hydrogens is 618 g/mol. The molecule has 7 nitrogen and oxygen atoms in total. The Balaban J connectivity index is 0. The van der Waals surface area contributed by atoms with Crippen LogP contribution < -0.4 is 21.7 Å². The SMILES string of the molecule is CCCCCCCCCCCCCCCCCCCCCC(=O)NC(CCCNC(=N)N)C(=O)NCCCCCCCCCCCC.Cl. The summed E-state index contributed by atoms with van der Waals surface area (Å²) < 4.78 is 0. The van der Waals surface area contributed by atoms with E-state index >= 15 is 0 Å². The minimum absolute atomic E-state index is 0. The number of carbonyl (C=O) groups excluding carboxylic acids is 2. The fourth-order valence-electron chi connectivity index (χ4n) is 6.38. The van der Waals surface area contributed by atoms with E-state index in [1.54, 1.807) is 0 Å². The van der Waals surface area contributed by atoms with Crippen LogP contribution in [0.15, 0.2) is 0 Å². The van der Waals surface area contributed by atoms with Gasteiger partial charge in [-0.05, 0) is 25.7 Å². The summed E-state index contributed by atoms with van der Waals surface area (Å²) in [6, 6.07) is -0.528. The Labute approximate surface area is 304 Å². The van der Waals surface area contributed by atoms with Gasteiger partial charge in [-0.2, -0.15) is 0 Å². The van der Waals surface area contributed by atoms with E-state index in [-0.39, 0.29) is 30.2 Å². The Hall–Kier alpha value is -1.50. The summed E-state index contributed by atoms with van der Waals surface area (Å²) in [6.45, 7) is 5.72. The molecule has 48 heavy (non-hydrogen) atoms. The molecule has 0 bridgehead atoms. The van der Waals surface area contributed by atoms with Gasteiger partial charge in [0.25, 0.3) is 0 Å². The molecule has 0 aliphatic carbocycles. The van der Waals surface area contributed by atoms with Gasteiger partial charge in [0, 0.05) is 19.5 Å². The van der Waals surface area contributed by atoms with Crippen molar-refractivity contribution >= 4 is 30.2 Å².